The lowest BCUT2D eigenvalue weighted by molar-refractivity contribution is 0.129. The van der Waals surface area contributed by atoms with E-state index in [4.69, 9.17) is 9.47 Å². The highest BCUT2D eigenvalue weighted by Crippen LogP contribution is 2.16. The Morgan fingerprint density at radius 2 is 1.95 bits per heavy atom. The Morgan fingerprint density at radius 1 is 1.15 bits per heavy atom. The van der Waals surface area contributed by atoms with E-state index in [-0.39, 0.29) is 0 Å². The zero-order chi connectivity index (χ0) is 14.6. The fourth-order valence-electron chi connectivity index (χ4n) is 1.73. The summed E-state index contributed by atoms with van der Waals surface area (Å²) in [6.07, 6.45) is 2.10. The molecule has 0 radical (unpaired) electrons. The molecular formula is C13H26N4O2S. The fourth-order valence-corrected chi connectivity index (χ4v) is 2.54. The maximum absolute atomic E-state index is 5.16. The molecule has 1 aromatic rings. The first-order valence-corrected chi connectivity index (χ1v) is 7.88. The van der Waals surface area contributed by atoms with Crippen LogP contribution in [0.1, 0.15) is 24.8 Å². The predicted octanol–water partition coefficient (Wildman–Crippen LogP) is 1.84. The monoisotopic (exact) mass is 302 g/mol. The Labute approximate surface area is 125 Å². The summed E-state index contributed by atoms with van der Waals surface area (Å²) in [5, 5.41) is 13.6. The van der Waals surface area contributed by atoms with Crippen LogP contribution in [0.2, 0.25) is 0 Å². The van der Waals surface area contributed by atoms with Crippen molar-refractivity contribution in [2.24, 2.45) is 0 Å². The molecule has 1 heterocycles. The largest absolute Gasteiger partial charge is 0.385 e. The summed E-state index contributed by atoms with van der Waals surface area (Å²) in [5.41, 5.74) is 0. The van der Waals surface area contributed by atoms with Gasteiger partial charge in [-0.3, -0.25) is 4.90 Å². The first-order valence-electron chi connectivity index (χ1n) is 7.06. The van der Waals surface area contributed by atoms with Crippen LogP contribution in [0.5, 0.6) is 0 Å². The van der Waals surface area contributed by atoms with Crippen molar-refractivity contribution in [3.63, 3.8) is 0 Å². The van der Waals surface area contributed by atoms with Crippen molar-refractivity contribution in [1.82, 2.24) is 15.1 Å². The minimum atomic E-state index is 0.729. The molecule has 0 aliphatic heterocycles. The van der Waals surface area contributed by atoms with E-state index in [1.54, 1.807) is 25.6 Å². The highest BCUT2D eigenvalue weighted by atomic mass is 32.1. The van der Waals surface area contributed by atoms with Gasteiger partial charge in [0.05, 0.1) is 13.2 Å². The molecule has 0 unspecified atom stereocenters. The van der Waals surface area contributed by atoms with Gasteiger partial charge in [0.2, 0.25) is 5.13 Å². The van der Waals surface area contributed by atoms with E-state index in [0.29, 0.717) is 0 Å². The molecule has 0 saturated heterocycles. The molecule has 6 nitrogen and oxygen atoms in total. The normalized spacial score (nSPS) is 11.2. The second-order valence-corrected chi connectivity index (χ2v) is 5.61. The van der Waals surface area contributed by atoms with E-state index in [0.717, 1.165) is 62.4 Å². The number of aromatic nitrogens is 2. The molecule has 1 N–H and O–H groups in total. The summed E-state index contributed by atoms with van der Waals surface area (Å²) >= 11 is 1.63. The Kier molecular flexibility index (Phi) is 9.48. The molecule has 20 heavy (non-hydrogen) atoms. The van der Waals surface area contributed by atoms with Crippen molar-refractivity contribution in [1.29, 1.82) is 0 Å². The van der Waals surface area contributed by atoms with Gasteiger partial charge in [-0.05, 0) is 12.8 Å². The van der Waals surface area contributed by atoms with Crippen molar-refractivity contribution < 1.29 is 9.47 Å². The minimum absolute atomic E-state index is 0.729. The van der Waals surface area contributed by atoms with Crippen LogP contribution >= 0.6 is 11.3 Å². The van der Waals surface area contributed by atoms with Gasteiger partial charge >= 0.3 is 0 Å². The summed E-state index contributed by atoms with van der Waals surface area (Å²) in [6.45, 7) is 7.29. The molecule has 0 amide bonds. The summed E-state index contributed by atoms with van der Waals surface area (Å²) in [7, 11) is 3.46. The van der Waals surface area contributed by atoms with Gasteiger partial charge in [-0.25, -0.2) is 0 Å². The molecule has 0 saturated carbocycles. The Bertz CT molecular complexity index is 349. The number of methoxy groups -OCH3 is 2. The van der Waals surface area contributed by atoms with E-state index in [1.165, 1.54) is 0 Å². The third-order valence-electron chi connectivity index (χ3n) is 2.79. The summed E-state index contributed by atoms with van der Waals surface area (Å²) in [6, 6.07) is 0. The van der Waals surface area contributed by atoms with Gasteiger partial charge < -0.3 is 14.8 Å². The van der Waals surface area contributed by atoms with Gasteiger partial charge in [-0.1, -0.05) is 18.3 Å². The second-order valence-electron chi connectivity index (χ2n) is 4.54. The van der Waals surface area contributed by atoms with E-state index in [1.807, 2.05) is 0 Å². The zero-order valence-corrected chi connectivity index (χ0v) is 13.5. The molecular weight excluding hydrogens is 276 g/mol. The van der Waals surface area contributed by atoms with Gasteiger partial charge in [0, 0.05) is 40.5 Å². The molecule has 0 aromatic carbocycles. The summed E-state index contributed by atoms with van der Waals surface area (Å²) < 4.78 is 10.3. The summed E-state index contributed by atoms with van der Waals surface area (Å²) in [5.74, 6) is 0. The summed E-state index contributed by atoms with van der Waals surface area (Å²) in [4.78, 5) is 2.33. The molecule has 0 atom stereocenters. The quantitative estimate of drug-likeness (QED) is 0.595. The van der Waals surface area contributed by atoms with Crippen molar-refractivity contribution in [2.45, 2.75) is 26.3 Å². The number of nitrogens with zero attached hydrogens (tertiary/aromatic N) is 3. The van der Waals surface area contributed by atoms with Crippen LogP contribution in [0.4, 0.5) is 5.13 Å². The maximum atomic E-state index is 5.16. The smallest absolute Gasteiger partial charge is 0.205 e. The Balaban J connectivity index is 2.43. The molecule has 116 valence electrons. The molecule has 0 aliphatic carbocycles. The average Bonchev–Trinajstić information content (AvgIpc) is 2.90. The van der Waals surface area contributed by atoms with E-state index in [9.17, 15) is 0 Å². The Hall–Kier alpha value is -0.760. The first-order chi connectivity index (χ1) is 9.80. The third-order valence-corrected chi connectivity index (χ3v) is 3.65. The maximum Gasteiger partial charge on any atom is 0.205 e. The third kappa shape index (κ3) is 7.14. The number of hydrogen-bond acceptors (Lipinski definition) is 7. The average molecular weight is 302 g/mol. The van der Waals surface area contributed by atoms with Crippen molar-refractivity contribution >= 4 is 16.5 Å². The zero-order valence-electron chi connectivity index (χ0n) is 12.7. The first kappa shape index (κ1) is 17.3. The lowest BCUT2D eigenvalue weighted by atomic mass is 10.4. The molecule has 7 heteroatoms. The number of rotatable bonds is 12. The number of hydrogen-bond donors (Lipinski definition) is 1. The van der Waals surface area contributed by atoms with Gasteiger partial charge in [-0.15, -0.1) is 10.2 Å². The van der Waals surface area contributed by atoms with Crippen LogP contribution in [-0.4, -0.2) is 62.2 Å². The van der Waals surface area contributed by atoms with Crippen LogP contribution in [0, 0.1) is 0 Å². The SMILES string of the molecule is CCCNc1nnc(CN(CCCOC)CCOC)s1. The standard InChI is InChI=1S/C13H26N4O2S/c1-4-6-14-13-16-15-12(20-13)11-17(8-10-19-3)7-5-9-18-2/h4-11H2,1-3H3,(H,14,16). The van der Waals surface area contributed by atoms with Crippen LogP contribution < -0.4 is 5.32 Å². The van der Waals surface area contributed by atoms with Gasteiger partial charge in [-0.2, -0.15) is 0 Å². The van der Waals surface area contributed by atoms with E-state index < -0.39 is 0 Å². The second kappa shape index (κ2) is 11.0. The van der Waals surface area contributed by atoms with Crippen molar-refractivity contribution in [3.05, 3.63) is 5.01 Å². The van der Waals surface area contributed by atoms with Crippen LogP contribution in [-0.2, 0) is 16.0 Å². The molecule has 1 aromatic heterocycles. The number of anilines is 1. The lowest BCUT2D eigenvalue weighted by Crippen LogP contribution is -2.28. The molecule has 0 bridgehead atoms. The van der Waals surface area contributed by atoms with Gasteiger partial charge in [0.15, 0.2) is 0 Å². The highest BCUT2D eigenvalue weighted by Gasteiger charge is 2.10. The van der Waals surface area contributed by atoms with Gasteiger partial charge in [0.1, 0.15) is 5.01 Å². The molecule has 0 spiro atoms. The lowest BCUT2D eigenvalue weighted by Gasteiger charge is -2.20. The molecule has 0 aliphatic rings. The van der Waals surface area contributed by atoms with E-state index >= 15 is 0 Å². The van der Waals surface area contributed by atoms with Crippen molar-refractivity contribution in [2.75, 3.05) is 52.4 Å². The van der Waals surface area contributed by atoms with Gasteiger partial charge in [0.25, 0.3) is 0 Å². The topological polar surface area (TPSA) is 59.5 Å². The van der Waals surface area contributed by atoms with Crippen LogP contribution in [0.15, 0.2) is 0 Å². The Morgan fingerprint density at radius 3 is 2.65 bits per heavy atom. The minimum Gasteiger partial charge on any atom is -0.385 e. The fraction of sp³-hybridized carbons (Fsp3) is 0.846. The number of nitrogens with one attached hydrogen (secondary N) is 1. The van der Waals surface area contributed by atoms with Crippen molar-refractivity contribution in [3.8, 4) is 0 Å². The van der Waals surface area contributed by atoms with E-state index in [2.05, 4.69) is 27.3 Å². The highest BCUT2D eigenvalue weighted by molar-refractivity contribution is 7.15. The van der Waals surface area contributed by atoms with Crippen LogP contribution in [0.3, 0.4) is 0 Å². The number of ether oxygens (including phenoxy) is 2. The predicted molar refractivity (Wildman–Crippen MR) is 82.3 cm³/mol. The van der Waals surface area contributed by atoms with Crippen LogP contribution in [0.25, 0.3) is 0 Å². The molecule has 1 rings (SSSR count). The molecule has 0 fully saturated rings.